The molecule has 0 saturated carbocycles. The van der Waals surface area contributed by atoms with E-state index in [4.69, 9.17) is 5.73 Å². The van der Waals surface area contributed by atoms with Crippen molar-refractivity contribution in [3.8, 4) is 11.3 Å². The molecule has 0 spiro atoms. The van der Waals surface area contributed by atoms with Crippen LogP contribution in [0.1, 0.15) is 0 Å². The number of hydrogen-bond acceptors (Lipinski definition) is 4. The fourth-order valence-electron chi connectivity index (χ4n) is 1.79. The number of rotatable bonds is 1. The number of pyridine rings is 1. The normalized spacial score (nSPS) is 10.6. The summed E-state index contributed by atoms with van der Waals surface area (Å²) in [5, 5.41) is 9.24. The van der Waals surface area contributed by atoms with Crippen LogP contribution in [0.2, 0.25) is 0 Å². The molecule has 0 unspecified atom stereocenters. The van der Waals surface area contributed by atoms with E-state index in [-0.39, 0.29) is 0 Å². The molecule has 3 rings (SSSR count). The van der Waals surface area contributed by atoms with Gasteiger partial charge >= 0.3 is 0 Å². The third-order valence-electron chi connectivity index (χ3n) is 2.64. The highest BCUT2D eigenvalue weighted by molar-refractivity contribution is 5.95. The van der Waals surface area contributed by atoms with Gasteiger partial charge in [0.1, 0.15) is 5.69 Å². The molecule has 2 N–H and O–H groups in total. The number of nitrogens with zero attached hydrogens (tertiary/aromatic N) is 3. The third-order valence-corrected chi connectivity index (χ3v) is 2.64. The van der Waals surface area contributed by atoms with Crippen LogP contribution in [0.5, 0.6) is 0 Å². The Morgan fingerprint density at radius 3 is 2.65 bits per heavy atom. The Balaban J connectivity index is 2.29. The van der Waals surface area contributed by atoms with Gasteiger partial charge < -0.3 is 5.73 Å². The van der Waals surface area contributed by atoms with Gasteiger partial charge in [-0.05, 0) is 18.2 Å². The van der Waals surface area contributed by atoms with Crippen LogP contribution in [0.4, 0.5) is 5.69 Å². The minimum absolute atomic E-state index is 0.642. The van der Waals surface area contributed by atoms with Crippen molar-refractivity contribution in [2.24, 2.45) is 0 Å². The molecule has 0 radical (unpaired) electrons. The van der Waals surface area contributed by atoms with E-state index in [2.05, 4.69) is 15.2 Å². The highest BCUT2D eigenvalue weighted by Crippen LogP contribution is 2.27. The summed E-state index contributed by atoms with van der Waals surface area (Å²) >= 11 is 0. The van der Waals surface area contributed by atoms with Crippen molar-refractivity contribution in [2.45, 2.75) is 0 Å². The van der Waals surface area contributed by atoms with Crippen LogP contribution in [-0.2, 0) is 0 Å². The molecule has 4 nitrogen and oxygen atoms in total. The molecule has 17 heavy (non-hydrogen) atoms. The predicted molar refractivity (Wildman–Crippen MR) is 67.2 cm³/mol. The Bertz CT molecular complexity index is 665. The second-order valence-electron chi connectivity index (χ2n) is 3.72. The number of anilines is 1. The molecule has 0 saturated heterocycles. The van der Waals surface area contributed by atoms with Gasteiger partial charge in [0, 0.05) is 23.3 Å². The fourth-order valence-corrected chi connectivity index (χ4v) is 1.79. The molecule has 2 heterocycles. The maximum Gasteiger partial charge on any atom is 0.118 e. The summed E-state index contributed by atoms with van der Waals surface area (Å²) in [6.45, 7) is 0. The topological polar surface area (TPSA) is 64.7 Å². The first-order valence-electron chi connectivity index (χ1n) is 5.27. The number of aromatic nitrogens is 3. The van der Waals surface area contributed by atoms with Gasteiger partial charge in [-0.2, -0.15) is 0 Å². The first-order chi connectivity index (χ1) is 8.36. The van der Waals surface area contributed by atoms with Crippen molar-refractivity contribution in [3.05, 3.63) is 48.8 Å². The summed E-state index contributed by atoms with van der Waals surface area (Å²) in [6.07, 6.45) is 3.45. The van der Waals surface area contributed by atoms with Crippen LogP contribution in [0.3, 0.4) is 0 Å². The highest BCUT2D eigenvalue weighted by Gasteiger charge is 2.08. The number of nitrogen functional groups attached to an aromatic ring is 1. The van der Waals surface area contributed by atoms with Crippen molar-refractivity contribution in [1.29, 1.82) is 0 Å². The van der Waals surface area contributed by atoms with E-state index in [1.54, 1.807) is 12.4 Å². The van der Waals surface area contributed by atoms with Gasteiger partial charge in [-0.25, -0.2) is 0 Å². The Kier molecular flexibility index (Phi) is 2.19. The minimum atomic E-state index is 0.642. The van der Waals surface area contributed by atoms with Crippen molar-refractivity contribution in [1.82, 2.24) is 15.2 Å². The van der Waals surface area contributed by atoms with Gasteiger partial charge in [0.25, 0.3) is 0 Å². The minimum Gasteiger partial charge on any atom is -0.396 e. The smallest absolute Gasteiger partial charge is 0.118 e. The fraction of sp³-hybridized carbons (Fsp3) is 0. The SMILES string of the molecule is Nc1c(-c2cccnc2)nnc2ccccc12. The van der Waals surface area contributed by atoms with Crippen LogP contribution in [0.15, 0.2) is 48.8 Å². The second-order valence-corrected chi connectivity index (χ2v) is 3.72. The molecule has 1 aromatic carbocycles. The molecular weight excluding hydrogens is 212 g/mol. The maximum absolute atomic E-state index is 6.12. The standard InChI is InChI=1S/C13H10N4/c14-12-10-5-1-2-6-11(10)16-17-13(12)9-4-3-7-15-8-9/h1-8H,(H2,14,16). The van der Waals surface area contributed by atoms with E-state index in [1.807, 2.05) is 36.4 Å². The van der Waals surface area contributed by atoms with Crippen molar-refractivity contribution in [3.63, 3.8) is 0 Å². The van der Waals surface area contributed by atoms with Crippen LogP contribution in [0, 0.1) is 0 Å². The second kappa shape index (κ2) is 3.83. The lowest BCUT2D eigenvalue weighted by molar-refractivity contribution is 1.08. The van der Waals surface area contributed by atoms with E-state index in [9.17, 15) is 0 Å². The predicted octanol–water partition coefficient (Wildman–Crippen LogP) is 2.27. The monoisotopic (exact) mass is 222 g/mol. The lowest BCUT2D eigenvalue weighted by atomic mass is 10.1. The number of benzene rings is 1. The molecule has 2 aromatic heterocycles. The molecule has 82 valence electrons. The number of fused-ring (bicyclic) bond motifs is 1. The third kappa shape index (κ3) is 1.59. The van der Waals surface area contributed by atoms with E-state index < -0.39 is 0 Å². The zero-order valence-electron chi connectivity index (χ0n) is 9.04. The van der Waals surface area contributed by atoms with Gasteiger partial charge in [-0.1, -0.05) is 18.2 Å². The Hall–Kier alpha value is -2.49. The van der Waals surface area contributed by atoms with Gasteiger partial charge in [0.05, 0.1) is 11.2 Å². The Morgan fingerprint density at radius 2 is 1.82 bits per heavy atom. The largest absolute Gasteiger partial charge is 0.396 e. The molecule has 4 heteroatoms. The zero-order chi connectivity index (χ0) is 11.7. The summed E-state index contributed by atoms with van der Waals surface area (Å²) in [5.74, 6) is 0. The molecule has 0 aliphatic rings. The van der Waals surface area contributed by atoms with Crippen molar-refractivity contribution >= 4 is 16.6 Å². The van der Waals surface area contributed by atoms with Crippen LogP contribution in [-0.4, -0.2) is 15.2 Å². The van der Waals surface area contributed by atoms with E-state index >= 15 is 0 Å². The summed E-state index contributed by atoms with van der Waals surface area (Å²) < 4.78 is 0. The molecule has 0 aliphatic heterocycles. The van der Waals surface area contributed by atoms with Crippen LogP contribution >= 0.6 is 0 Å². The number of nitrogens with two attached hydrogens (primary N) is 1. The van der Waals surface area contributed by atoms with Gasteiger partial charge in [-0.3, -0.25) is 4.98 Å². The summed E-state index contributed by atoms with van der Waals surface area (Å²) in [5.41, 5.74) is 9.12. The van der Waals surface area contributed by atoms with E-state index in [1.165, 1.54) is 0 Å². The van der Waals surface area contributed by atoms with Crippen LogP contribution < -0.4 is 5.73 Å². The molecule has 0 fully saturated rings. The molecule has 3 aromatic rings. The average Bonchev–Trinajstić information content (AvgIpc) is 2.40. The molecular formula is C13H10N4. The Morgan fingerprint density at radius 1 is 0.941 bits per heavy atom. The van der Waals surface area contributed by atoms with Gasteiger partial charge in [-0.15, -0.1) is 10.2 Å². The lowest BCUT2D eigenvalue weighted by Crippen LogP contribution is -1.97. The lowest BCUT2D eigenvalue weighted by Gasteiger charge is -2.06. The molecule has 0 amide bonds. The van der Waals surface area contributed by atoms with Crippen LogP contribution in [0.25, 0.3) is 22.2 Å². The molecule has 0 aliphatic carbocycles. The zero-order valence-corrected chi connectivity index (χ0v) is 9.04. The highest BCUT2D eigenvalue weighted by atomic mass is 15.1. The van der Waals surface area contributed by atoms with Gasteiger partial charge in [0.15, 0.2) is 0 Å². The van der Waals surface area contributed by atoms with E-state index in [0.717, 1.165) is 16.5 Å². The summed E-state index contributed by atoms with van der Waals surface area (Å²) in [4.78, 5) is 4.06. The maximum atomic E-state index is 6.12. The number of hydrogen-bond donors (Lipinski definition) is 1. The quantitative estimate of drug-likeness (QED) is 0.686. The first kappa shape index (κ1) is 9.72. The van der Waals surface area contributed by atoms with E-state index in [0.29, 0.717) is 11.4 Å². The molecule has 0 atom stereocenters. The summed E-state index contributed by atoms with van der Waals surface area (Å²) in [6, 6.07) is 11.5. The van der Waals surface area contributed by atoms with Gasteiger partial charge in [0.2, 0.25) is 0 Å². The average molecular weight is 222 g/mol. The van der Waals surface area contributed by atoms with Crippen molar-refractivity contribution in [2.75, 3.05) is 5.73 Å². The van der Waals surface area contributed by atoms with Crippen molar-refractivity contribution < 1.29 is 0 Å². The summed E-state index contributed by atoms with van der Waals surface area (Å²) in [7, 11) is 0. The first-order valence-corrected chi connectivity index (χ1v) is 5.27. The Labute approximate surface area is 98.1 Å². The molecule has 0 bridgehead atoms.